The number of hydrogen-bond acceptors (Lipinski definition) is 4. The number of hydrazine groups is 1. The van der Waals surface area contributed by atoms with Crippen LogP contribution in [-0.4, -0.2) is 30.2 Å². The molecule has 0 saturated carbocycles. The Hall–Kier alpha value is -1.50. The van der Waals surface area contributed by atoms with Crippen LogP contribution < -0.4 is 5.43 Å². The molecule has 0 unspecified atom stereocenters. The number of aromatic carboxylic acids is 1. The van der Waals surface area contributed by atoms with E-state index in [0.717, 1.165) is 11.3 Å². The molecule has 0 bridgehead atoms. The van der Waals surface area contributed by atoms with E-state index in [9.17, 15) is 9.18 Å². The molecule has 0 aliphatic rings. The maximum Gasteiger partial charge on any atom is 0.346 e. The van der Waals surface area contributed by atoms with Crippen LogP contribution in [0.1, 0.15) is 15.2 Å². The molecule has 0 amide bonds. The van der Waals surface area contributed by atoms with Gasteiger partial charge < -0.3 is 5.11 Å². The van der Waals surface area contributed by atoms with Crippen LogP contribution in [0, 0.1) is 5.82 Å². The Morgan fingerprint density at radius 3 is 2.83 bits per heavy atom. The van der Waals surface area contributed by atoms with Gasteiger partial charge in [-0.15, -0.1) is 11.3 Å². The van der Waals surface area contributed by atoms with Crippen molar-refractivity contribution in [3.63, 3.8) is 0 Å². The molecule has 96 valence electrons. The molecule has 0 atom stereocenters. The third-order valence-corrected chi connectivity index (χ3v) is 3.71. The molecule has 1 aromatic heterocycles. The van der Waals surface area contributed by atoms with E-state index < -0.39 is 5.97 Å². The molecule has 0 saturated heterocycles. The summed E-state index contributed by atoms with van der Waals surface area (Å²) < 4.78 is 14.5. The fourth-order valence-electron chi connectivity index (χ4n) is 1.75. The van der Waals surface area contributed by atoms with Crippen LogP contribution in [0.25, 0.3) is 10.1 Å². The van der Waals surface area contributed by atoms with Crippen LogP contribution in [-0.2, 0) is 6.54 Å². The number of carboxylic acid groups (broad SMARTS) is 1. The van der Waals surface area contributed by atoms with Crippen molar-refractivity contribution in [3.8, 4) is 0 Å². The average molecular weight is 268 g/mol. The SMILES string of the molecule is CN(C)NCc1c(C(=O)O)sc2cccc(F)c12. The summed E-state index contributed by atoms with van der Waals surface area (Å²) in [6.45, 7) is 0.287. The number of carbonyl (C=O) groups is 1. The van der Waals surface area contributed by atoms with Gasteiger partial charge in [0.15, 0.2) is 0 Å². The van der Waals surface area contributed by atoms with Gasteiger partial charge in [-0.3, -0.25) is 10.4 Å². The smallest absolute Gasteiger partial charge is 0.346 e. The molecule has 0 spiro atoms. The first-order valence-electron chi connectivity index (χ1n) is 5.34. The second-order valence-corrected chi connectivity index (χ2v) is 5.11. The summed E-state index contributed by atoms with van der Waals surface area (Å²) in [6, 6.07) is 4.66. The highest BCUT2D eigenvalue weighted by Gasteiger charge is 2.19. The van der Waals surface area contributed by atoms with Crippen LogP contribution in [0.4, 0.5) is 4.39 Å². The number of rotatable bonds is 4. The number of hydrogen-bond donors (Lipinski definition) is 2. The number of benzene rings is 1. The van der Waals surface area contributed by atoms with Crippen molar-refractivity contribution >= 4 is 27.4 Å². The predicted octanol–water partition coefficient (Wildman–Crippen LogP) is 2.30. The molecule has 6 heteroatoms. The average Bonchev–Trinajstić information content (AvgIpc) is 2.66. The third kappa shape index (κ3) is 2.35. The minimum Gasteiger partial charge on any atom is -0.477 e. The van der Waals surface area contributed by atoms with Crippen LogP contribution in [0.15, 0.2) is 18.2 Å². The lowest BCUT2D eigenvalue weighted by Crippen LogP contribution is -2.30. The first-order chi connectivity index (χ1) is 8.50. The zero-order valence-electron chi connectivity index (χ0n) is 10.0. The molecule has 0 aliphatic heterocycles. The monoisotopic (exact) mass is 268 g/mol. The van der Waals surface area contributed by atoms with Crippen molar-refractivity contribution in [2.75, 3.05) is 14.1 Å². The van der Waals surface area contributed by atoms with E-state index in [4.69, 9.17) is 5.11 Å². The summed E-state index contributed by atoms with van der Waals surface area (Å²) >= 11 is 1.10. The van der Waals surface area contributed by atoms with Crippen molar-refractivity contribution in [1.82, 2.24) is 10.4 Å². The molecule has 2 N–H and O–H groups in total. The standard InChI is InChI=1S/C12H13FN2O2S/c1-15(2)14-6-7-10-8(13)4-3-5-9(10)18-11(7)12(16)17/h3-5,14H,6H2,1-2H3,(H,16,17). The van der Waals surface area contributed by atoms with Gasteiger partial charge in [-0.1, -0.05) is 6.07 Å². The Morgan fingerprint density at radius 1 is 1.50 bits per heavy atom. The topological polar surface area (TPSA) is 52.6 Å². The van der Waals surface area contributed by atoms with Crippen LogP contribution in [0.2, 0.25) is 0 Å². The minimum atomic E-state index is -1.02. The normalized spacial score (nSPS) is 11.3. The fraction of sp³-hybridized carbons (Fsp3) is 0.250. The van der Waals surface area contributed by atoms with E-state index in [2.05, 4.69) is 5.43 Å². The quantitative estimate of drug-likeness (QED) is 0.835. The largest absolute Gasteiger partial charge is 0.477 e. The summed E-state index contributed by atoms with van der Waals surface area (Å²) in [5.41, 5.74) is 3.47. The minimum absolute atomic E-state index is 0.185. The Bertz CT molecular complexity index is 595. The van der Waals surface area contributed by atoms with Gasteiger partial charge in [0.2, 0.25) is 0 Å². The molecule has 0 aliphatic carbocycles. The van der Waals surface area contributed by atoms with Gasteiger partial charge in [0.1, 0.15) is 10.7 Å². The first-order valence-corrected chi connectivity index (χ1v) is 6.16. The number of nitrogens with one attached hydrogen (secondary N) is 1. The second-order valence-electron chi connectivity index (χ2n) is 4.06. The summed E-state index contributed by atoms with van der Waals surface area (Å²) in [5.74, 6) is -1.40. The summed E-state index contributed by atoms with van der Waals surface area (Å²) in [4.78, 5) is 11.4. The van der Waals surface area contributed by atoms with Crippen LogP contribution in [0.5, 0.6) is 0 Å². The highest BCUT2D eigenvalue weighted by molar-refractivity contribution is 7.21. The van der Waals surface area contributed by atoms with Crippen LogP contribution in [0.3, 0.4) is 0 Å². The highest BCUT2D eigenvalue weighted by atomic mass is 32.1. The zero-order valence-corrected chi connectivity index (χ0v) is 10.8. The van der Waals surface area contributed by atoms with E-state index >= 15 is 0 Å². The lowest BCUT2D eigenvalue weighted by atomic mass is 10.1. The van der Waals surface area contributed by atoms with Crippen molar-refractivity contribution in [2.45, 2.75) is 6.54 Å². The van der Waals surface area contributed by atoms with E-state index in [1.54, 1.807) is 31.2 Å². The third-order valence-electron chi connectivity index (χ3n) is 2.53. The molecule has 2 aromatic rings. The molecular weight excluding hydrogens is 255 g/mol. The Balaban J connectivity index is 2.57. The van der Waals surface area contributed by atoms with E-state index in [1.165, 1.54) is 6.07 Å². The highest BCUT2D eigenvalue weighted by Crippen LogP contribution is 2.33. The van der Waals surface area contributed by atoms with Gasteiger partial charge in [-0.25, -0.2) is 9.18 Å². The van der Waals surface area contributed by atoms with Gasteiger partial charge in [0.25, 0.3) is 0 Å². The van der Waals surface area contributed by atoms with Gasteiger partial charge >= 0.3 is 5.97 Å². The molecule has 1 aromatic carbocycles. The number of nitrogens with zero attached hydrogens (tertiary/aromatic N) is 1. The molecule has 1 heterocycles. The van der Waals surface area contributed by atoms with Gasteiger partial charge in [0, 0.05) is 36.3 Å². The Labute approximate surface area is 108 Å². The molecule has 0 fully saturated rings. The molecule has 18 heavy (non-hydrogen) atoms. The second kappa shape index (κ2) is 5.01. The number of halogens is 1. The van der Waals surface area contributed by atoms with Crippen molar-refractivity contribution < 1.29 is 14.3 Å². The van der Waals surface area contributed by atoms with Crippen molar-refractivity contribution in [3.05, 3.63) is 34.5 Å². The number of thiophene rings is 1. The maximum absolute atomic E-state index is 13.8. The molecule has 4 nitrogen and oxygen atoms in total. The summed E-state index contributed by atoms with van der Waals surface area (Å²) in [5, 5.41) is 11.3. The first kappa shape index (κ1) is 12.9. The Kier molecular flexibility index (Phi) is 3.60. The molecule has 0 radical (unpaired) electrons. The lowest BCUT2D eigenvalue weighted by molar-refractivity contribution is 0.0700. The van der Waals surface area contributed by atoms with Gasteiger partial charge in [-0.2, -0.15) is 0 Å². The number of carboxylic acids is 1. The summed E-state index contributed by atoms with van der Waals surface area (Å²) in [7, 11) is 3.59. The maximum atomic E-state index is 13.8. The van der Waals surface area contributed by atoms with Gasteiger partial charge in [-0.05, 0) is 12.1 Å². The zero-order chi connectivity index (χ0) is 13.3. The molecular formula is C12H13FN2O2S. The Morgan fingerprint density at radius 2 is 2.22 bits per heavy atom. The predicted molar refractivity (Wildman–Crippen MR) is 69.3 cm³/mol. The summed E-state index contributed by atoms with van der Waals surface area (Å²) in [6.07, 6.45) is 0. The lowest BCUT2D eigenvalue weighted by Gasteiger charge is -2.12. The van der Waals surface area contributed by atoms with E-state index in [0.29, 0.717) is 15.6 Å². The number of fused-ring (bicyclic) bond motifs is 1. The fourth-order valence-corrected chi connectivity index (χ4v) is 2.82. The van der Waals surface area contributed by atoms with Gasteiger partial charge in [0.05, 0.1) is 0 Å². The van der Waals surface area contributed by atoms with Crippen molar-refractivity contribution in [2.24, 2.45) is 0 Å². The van der Waals surface area contributed by atoms with Crippen LogP contribution >= 0.6 is 11.3 Å². The van der Waals surface area contributed by atoms with E-state index in [1.807, 2.05) is 0 Å². The van der Waals surface area contributed by atoms with Crippen molar-refractivity contribution in [1.29, 1.82) is 0 Å². The van der Waals surface area contributed by atoms with E-state index in [-0.39, 0.29) is 17.2 Å². The molecule has 2 rings (SSSR count).